The Morgan fingerprint density at radius 3 is 2.58 bits per heavy atom. The Labute approximate surface area is 141 Å². The van der Waals surface area contributed by atoms with Gasteiger partial charge in [0.05, 0.1) is 22.8 Å². The van der Waals surface area contributed by atoms with E-state index in [1.807, 2.05) is 6.92 Å². The van der Waals surface area contributed by atoms with E-state index in [1.165, 1.54) is 19.4 Å². The first kappa shape index (κ1) is 18.0. The molecule has 0 radical (unpaired) electrons. The smallest absolute Gasteiger partial charge is 0.296 e. The van der Waals surface area contributed by atoms with Gasteiger partial charge in [0, 0.05) is 13.5 Å². The zero-order valence-corrected chi connectivity index (χ0v) is 14.3. The molecule has 1 amide bonds. The molecule has 7 nitrogen and oxygen atoms in total. The van der Waals surface area contributed by atoms with Crippen molar-refractivity contribution in [1.82, 2.24) is 0 Å². The number of amides is 1. The van der Waals surface area contributed by atoms with Crippen molar-refractivity contribution >= 4 is 23.0 Å². The van der Waals surface area contributed by atoms with Gasteiger partial charge < -0.3 is 15.4 Å². The second-order valence-corrected chi connectivity index (χ2v) is 6.11. The minimum atomic E-state index is -0.497. The Kier molecular flexibility index (Phi) is 6.40. The normalized spacial score (nSPS) is 14.9. The van der Waals surface area contributed by atoms with Crippen LogP contribution in [0.5, 0.6) is 5.75 Å². The van der Waals surface area contributed by atoms with Crippen LogP contribution in [0.3, 0.4) is 0 Å². The molecule has 0 bridgehead atoms. The fourth-order valence-electron chi connectivity index (χ4n) is 2.87. The molecule has 1 saturated carbocycles. The maximum absolute atomic E-state index is 11.4. The van der Waals surface area contributed by atoms with Crippen molar-refractivity contribution < 1.29 is 14.5 Å². The van der Waals surface area contributed by atoms with E-state index in [2.05, 4.69) is 10.6 Å². The fraction of sp³-hybridized carbons (Fsp3) is 0.588. The third-order valence-corrected chi connectivity index (χ3v) is 4.02. The summed E-state index contributed by atoms with van der Waals surface area (Å²) in [4.78, 5) is 22.2. The lowest BCUT2D eigenvalue weighted by Gasteiger charge is -2.24. The topological polar surface area (TPSA) is 93.5 Å². The Balaban J connectivity index is 2.35. The molecule has 2 N–H and O–H groups in total. The van der Waals surface area contributed by atoms with Gasteiger partial charge in [-0.3, -0.25) is 14.9 Å². The number of anilines is 2. The molecule has 0 heterocycles. The number of hydrogen-bond acceptors (Lipinski definition) is 5. The molecule has 1 aromatic rings. The van der Waals surface area contributed by atoms with Crippen LogP contribution >= 0.6 is 0 Å². The number of carbonyl (C=O) groups excluding carboxylic acids is 1. The van der Waals surface area contributed by atoms with E-state index < -0.39 is 4.92 Å². The summed E-state index contributed by atoms with van der Waals surface area (Å²) in [7, 11) is 0. The lowest BCUT2D eigenvalue weighted by molar-refractivity contribution is -0.384. The SMILES string of the molecule is CCCNc1cc(NC(C)=O)c([N+](=O)[O-])cc1OC1CCCCC1. The summed E-state index contributed by atoms with van der Waals surface area (Å²) >= 11 is 0. The highest BCUT2D eigenvalue weighted by Crippen LogP contribution is 2.38. The number of benzene rings is 1. The number of nitrogens with zero attached hydrogens (tertiary/aromatic N) is 1. The third-order valence-electron chi connectivity index (χ3n) is 4.02. The molecule has 1 aliphatic rings. The molecular formula is C17H25N3O4. The van der Waals surface area contributed by atoms with Gasteiger partial charge in [0.25, 0.3) is 5.69 Å². The lowest BCUT2D eigenvalue weighted by atomic mass is 9.98. The molecule has 0 spiro atoms. The first-order chi connectivity index (χ1) is 11.5. The van der Waals surface area contributed by atoms with E-state index in [4.69, 9.17) is 4.74 Å². The molecule has 1 fully saturated rings. The zero-order valence-electron chi connectivity index (χ0n) is 14.3. The number of nitrogens with one attached hydrogen (secondary N) is 2. The molecule has 0 aromatic heterocycles. The van der Waals surface area contributed by atoms with Crippen molar-refractivity contribution in [2.75, 3.05) is 17.2 Å². The second-order valence-electron chi connectivity index (χ2n) is 6.11. The molecule has 0 unspecified atom stereocenters. The van der Waals surface area contributed by atoms with E-state index in [9.17, 15) is 14.9 Å². The van der Waals surface area contributed by atoms with Gasteiger partial charge in [0.1, 0.15) is 11.4 Å². The van der Waals surface area contributed by atoms with Gasteiger partial charge in [-0.2, -0.15) is 0 Å². The van der Waals surface area contributed by atoms with Gasteiger partial charge >= 0.3 is 0 Å². The Bertz CT molecular complexity index is 598. The summed E-state index contributed by atoms with van der Waals surface area (Å²) in [6.45, 7) is 4.09. The van der Waals surface area contributed by atoms with Gasteiger partial charge in [0.2, 0.25) is 5.91 Å². The largest absolute Gasteiger partial charge is 0.488 e. The third kappa shape index (κ3) is 4.84. The highest BCUT2D eigenvalue weighted by molar-refractivity contribution is 5.93. The summed E-state index contributed by atoms with van der Waals surface area (Å²) in [5, 5.41) is 17.1. The monoisotopic (exact) mass is 335 g/mol. The number of ether oxygens (including phenoxy) is 1. The lowest BCUT2D eigenvalue weighted by Crippen LogP contribution is -2.20. The second kappa shape index (κ2) is 8.52. The molecule has 24 heavy (non-hydrogen) atoms. The molecular weight excluding hydrogens is 310 g/mol. The summed E-state index contributed by atoms with van der Waals surface area (Å²) in [6, 6.07) is 3.01. The van der Waals surface area contributed by atoms with E-state index >= 15 is 0 Å². The number of rotatable bonds is 7. The fourth-order valence-corrected chi connectivity index (χ4v) is 2.87. The van der Waals surface area contributed by atoms with Crippen molar-refractivity contribution in [3.05, 3.63) is 22.2 Å². The summed E-state index contributed by atoms with van der Waals surface area (Å²) in [5.74, 6) is 0.136. The number of carbonyl (C=O) groups is 1. The van der Waals surface area contributed by atoms with Gasteiger partial charge in [0.15, 0.2) is 0 Å². The highest BCUT2D eigenvalue weighted by atomic mass is 16.6. The summed E-state index contributed by atoms with van der Waals surface area (Å²) < 4.78 is 6.05. The predicted molar refractivity (Wildman–Crippen MR) is 93.7 cm³/mol. The van der Waals surface area contributed by atoms with E-state index in [0.29, 0.717) is 11.4 Å². The van der Waals surface area contributed by atoms with E-state index in [-0.39, 0.29) is 23.4 Å². The van der Waals surface area contributed by atoms with Crippen molar-refractivity contribution in [3.8, 4) is 5.75 Å². The van der Waals surface area contributed by atoms with E-state index in [0.717, 1.165) is 38.6 Å². The molecule has 7 heteroatoms. The molecule has 1 aromatic carbocycles. The molecule has 0 aliphatic heterocycles. The van der Waals surface area contributed by atoms with Crippen molar-refractivity contribution in [2.24, 2.45) is 0 Å². The minimum Gasteiger partial charge on any atom is -0.488 e. The Morgan fingerprint density at radius 1 is 1.29 bits per heavy atom. The molecule has 1 aliphatic carbocycles. The number of nitro groups is 1. The first-order valence-electron chi connectivity index (χ1n) is 8.51. The standard InChI is InChI=1S/C17H25N3O4/c1-3-9-18-15-10-14(19-12(2)21)16(20(22)23)11-17(15)24-13-7-5-4-6-8-13/h10-11,13,18H,3-9H2,1-2H3,(H,19,21). The molecule has 132 valence electrons. The van der Waals surface area contributed by atoms with Crippen LogP contribution in [-0.4, -0.2) is 23.5 Å². The average molecular weight is 335 g/mol. The van der Waals surface area contributed by atoms with Crippen molar-refractivity contribution in [1.29, 1.82) is 0 Å². The van der Waals surface area contributed by atoms with Crippen LogP contribution < -0.4 is 15.4 Å². The van der Waals surface area contributed by atoms with E-state index in [1.54, 1.807) is 6.07 Å². The molecule has 2 rings (SSSR count). The van der Waals surface area contributed by atoms with Crippen LogP contribution in [0.4, 0.5) is 17.1 Å². The van der Waals surface area contributed by atoms with Gasteiger partial charge in [-0.25, -0.2) is 0 Å². The molecule has 0 saturated heterocycles. The van der Waals surface area contributed by atoms with Crippen LogP contribution in [0.2, 0.25) is 0 Å². The maximum Gasteiger partial charge on any atom is 0.296 e. The average Bonchev–Trinajstić information content (AvgIpc) is 2.54. The van der Waals surface area contributed by atoms with Gasteiger partial charge in [-0.15, -0.1) is 0 Å². The number of nitro benzene ring substituents is 1. The summed E-state index contributed by atoms with van der Waals surface area (Å²) in [6.07, 6.45) is 6.39. The van der Waals surface area contributed by atoms with Gasteiger partial charge in [-0.1, -0.05) is 13.3 Å². The molecule has 0 atom stereocenters. The van der Waals surface area contributed by atoms with Crippen LogP contribution in [0.25, 0.3) is 0 Å². The zero-order chi connectivity index (χ0) is 17.5. The van der Waals surface area contributed by atoms with Crippen LogP contribution in [-0.2, 0) is 4.79 Å². The first-order valence-corrected chi connectivity index (χ1v) is 8.51. The van der Waals surface area contributed by atoms with Crippen molar-refractivity contribution in [2.45, 2.75) is 58.5 Å². The summed E-state index contributed by atoms with van der Waals surface area (Å²) in [5.41, 5.74) is 0.705. The quantitative estimate of drug-likeness (QED) is 0.578. The van der Waals surface area contributed by atoms with Crippen LogP contribution in [0.15, 0.2) is 12.1 Å². The Morgan fingerprint density at radius 2 is 2.00 bits per heavy atom. The predicted octanol–water partition coefficient (Wildman–Crippen LogP) is 4.09. The van der Waals surface area contributed by atoms with Crippen molar-refractivity contribution in [3.63, 3.8) is 0 Å². The highest BCUT2D eigenvalue weighted by Gasteiger charge is 2.23. The maximum atomic E-state index is 11.4. The van der Waals surface area contributed by atoms with Crippen LogP contribution in [0, 0.1) is 10.1 Å². The minimum absolute atomic E-state index is 0.0900. The Hall–Kier alpha value is -2.31. The van der Waals surface area contributed by atoms with Crippen LogP contribution in [0.1, 0.15) is 52.4 Å². The number of hydrogen-bond donors (Lipinski definition) is 2. The van der Waals surface area contributed by atoms with Gasteiger partial charge in [-0.05, 0) is 38.2 Å².